The zero-order valence-corrected chi connectivity index (χ0v) is 16.1. The Morgan fingerprint density at radius 3 is 2.41 bits per heavy atom. The molecule has 0 amide bonds. The molecular formula is C18H25N7O2. The average Bonchev–Trinajstić information content (AvgIpc) is 2.67. The van der Waals surface area contributed by atoms with Gasteiger partial charge in [0.1, 0.15) is 0 Å². The lowest BCUT2D eigenvalue weighted by Gasteiger charge is -2.08. The van der Waals surface area contributed by atoms with Gasteiger partial charge in [0.25, 0.3) is 0 Å². The maximum absolute atomic E-state index is 5.67. The number of nitrogens with zero attached hydrogens (tertiary/aromatic N) is 5. The molecule has 0 atom stereocenters. The summed E-state index contributed by atoms with van der Waals surface area (Å²) in [4.78, 5) is 21.3. The van der Waals surface area contributed by atoms with Crippen LogP contribution in [0.3, 0.4) is 0 Å². The molecule has 0 aromatic carbocycles. The first-order valence-corrected chi connectivity index (χ1v) is 8.73. The Bertz CT molecular complexity index is 856. The van der Waals surface area contributed by atoms with Crippen molar-refractivity contribution in [3.8, 4) is 23.0 Å². The van der Waals surface area contributed by atoms with Crippen molar-refractivity contribution in [2.24, 2.45) is 0 Å². The molecule has 3 aromatic rings. The molecule has 0 spiro atoms. The molecule has 0 saturated heterocycles. The summed E-state index contributed by atoms with van der Waals surface area (Å²) in [5, 5.41) is 2.75. The normalized spacial score (nSPS) is 10.2. The first-order valence-electron chi connectivity index (χ1n) is 8.73. The molecule has 0 fully saturated rings. The Kier molecular flexibility index (Phi) is 7.63. The van der Waals surface area contributed by atoms with Gasteiger partial charge >= 0.3 is 0 Å². The van der Waals surface area contributed by atoms with Crippen LogP contribution in [0.1, 0.15) is 20.3 Å². The number of aromatic nitrogens is 5. The maximum atomic E-state index is 5.67. The van der Waals surface area contributed by atoms with Gasteiger partial charge in [-0.25, -0.2) is 15.0 Å². The Labute approximate surface area is 158 Å². The number of nitrogen functional groups attached to an aromatic ring is 1. The lowest BCUT2D eigenvalue weighted by molar-refractivity contribution is 0.305. The zero-order valence-electron chi connectivity index (χ0n) is 16.1. The van der Waals surface area contributed by atoms with E-state index in [4.69, 9.17) is 15.2 Å². The monoisotopic (exact) mass is 371 g/mol. The molecule has 0 bridgehead atoms. The summed E-state index contributed by atoms with van der Waals surface area (Å²) in [6.45, 7) is 4.99. The molecule has 3 N–H and O–H groups in total. The van der Waals surface area contributed by atoms with Crippen LogP contribution in [0.4, 0.5) is 5.95 Å². The molecule has 0 aliphatic heterocycles. The number of nitrogens with one attached hydrogen (secondary N) is 1. The second-order valence-electron chi connectivity index (χ2n) is 5.48. The number of hydrogen-bond donors (Lipinski definition) is 2. The molecule has 3 heterocycles. The van der Waals surface area contributed by atoms with E-state index in [1.807, 2.05) is 34.0 Å². The Hall–Kier alpha value is -3.07. The van der Waals surface area contributed by atoms with Crippen molar-refractivity contribution in [2.75, 3.05) is 33.0 Å². The van der Waals surface area contributed by atoms with Gasteiger partial charge in [-0.15, -0.1) is 0 Å². The first-order chi connectivity index (χ1) is 13.1. The predicted molar refractivity (Wildman–Crippen MR) is 105 cm³/mol. The largest absolute Gasteiger partial charge is 0.478 e. The summed E-state index contributed by atoms with van der Waals surface area (Å²) in [5.41, 5.74) is 7.99. The van der Waals surface area contributed by atoms with Gasteiger partial charge < -0.3 is 20.5 Å². The fourth-order valence-corrected chi connectivity index (χ4v) is 2.10. The van der Waals surface area contributed by atoms with Gasteiger partial charge in [0.2, 0.25) is 17.7 Å². The lowest BCUT2D eigenvalue weighted by Crippen LogP contribution is -2.04. The van der Waals surface area contributed by atoms with E-state index in [1.165, 1.54) is 0 Å². The average molecular weight is 371 g/mol. The van der Waals surface area contributed by atoms with E-state index in [1.54, 1.807) is 18.5 Å². The first kappa shape index (κ1) is 20.2. The minimum atomic E-state index is 0.104. The summed E-state index contributed by atoms with van der Waals surface area (Å²) in [6.07, 6.45) is 4.25. The molecule has 27 heavy (non-hydrogen) atoms. The van der Waals surface area contributed by atoms with Crippen molar-refractivity contribution in [3.05, 3.63) is 24.5 Å². The Balaban J connectivity index is 0.000000817. The highest BCUT2D eigenvalue weighted by molar-refractivity contribution is 5.79. The Morgan fingerprint density at radius 1 is 1.00 bits per heavy atom. The van der Waals surface area contributed by atoms with Crippen LogP contribution < -0.4 is 20.5 Å². The van der Waals surface area contributed by atoms with E-state index in [-0.39, 0.29) is 5.95 Å². The van der Waals surface area contributed by atoms with Gasteiger partial charge in [-0.3, -0.25) is 0 Å². The van der Waals surface area contributed by atoms with Gasteiger partial charge in [0.05, 0.1) is 25.1 Å². The SMILES string of the molecule is CCCOc1ccc(-c2cnc3nc(N)nc(OCC)c3n2)cn1.CNC. The highest BCUT2D eigenvalue weighted by Gasteiger charge is 2.12. The molecule has 3 aromatic heterocycles. The van der Waals surface area contributed by atoms with Crippen molar-refractivity contribution in [2.45, 2.75) is 20.3 Å². The van der Waals surface area contributed by atoms with E-state index >= 15 is 0 Å². The van der Waals surface area contributed by atoms with Gasteiger partial charge in [0, 0.05) is 17.8 Å². The highest BCUT2D eigenvalue weighted by Crippen LogP contribution is 2.24. The third-order valence-corrected chi connectivity index (χ3v) is 3.16. The van der Waals surface area contributed by atoms with E-state index < -0.39 is 0 Å². The summed E-state index contributed by atoms with van der Waals surface area (Å²) in [6, 6.07) is 3.69. The fourth-order valence-electron chi connectivity index (χ4n) is 2.10. The van der Waals surface area contributed by atoms with Gasteiger partial charge in [-0.2, -0.15) is 9.97 Å². The minimum Gasteiger partial charge on any atom is -0.478 e. The molecule has 144 valence electrons. The van der Waals surface area contributed by atoms with Crippen molar-refractivity contribution in [3.63, 3.8) is 0 Å². The van der Waals surface area contributed by atoms with E-state index in [0.29, 0.717) is 41.8 Å². The smallest absolute Gasteiger partial charge is 0.247 e. The summed E-state index contributed by atoms with van der Waals surface area (Å²) in [5.74, 6) is 1.01. The fraction of sp³-hybridized carbons (Fsp3) is 0.389. The van der Waals surface area contributed by atoms with Crippen molar-refractivity contribution in [1.29, 1.82) is 0 Å². The number of hydrogen-bond acceptors (Lipinski definition) is 9. The van der Waals surface area contributed by atoms with Crippen LogP contribution in [-0.2, 0) is 0 Å². The van der Waals surface area contributed by atoms with Crippen molar-refractivity contribution >= 4 is 17.1 Å². The lowest BCUT2D eigenvalue weighted by atomic mass is 10.2. The quantitative estimate of drug-likeness (QED) is 0.670. The molecule has 9 nitrogen and oxygen atoms in total. The third-order valence-electron chi connectivity index (χ3n) is 3.16. The molecule has 0 radical (unpaired) electrons. The number of pyridine rings is 1. The van der Waals surface area contributed by atoms with Crippen LogP contribution in [0.5, 0.6) is 11.8 Å². The molecule has 9 heteroatoms. The topological polar surface area (TPSA) is 121 Å². The summed E-state index contributed by atoms with van der Waals surface area (Å²) in [7, 11) is 3.75. The van der Waals surface area contributed by atoms with E-state index in [2.05, 4.69) is 30.2 Å². The van der Waals surface area contributed by atoms with E-state index in [0.717, 1.165) is 12.0 Å². The van der Waals surface area contributed by atoms with E-state index in [9.17, 15) is 0 Å². The standard InChI is InChI=1S/C16H18N6O2.C2H7N/c1-3-7-24-12-6-5-10(8-18-12)11-9-19-14-13(20-11)15(23-4-2)22-16(17)21-14;1-3-2/h5-6,8-9H,3-4,7H2,1-2H3,(H2,17,19,21,22);3H,1-2H3. The number of rotatable bonds is 6. The molecule has 0 saturated carbocycles. The van der Waals surface area contributed by atoms with Crippen LogP contribution in [-0.4, -0.2) is 52.2 Å². The minimum absolute atomic E-state index is 0.104. The van der Waals surface area contributed by atoms with Gasteiger partial charge in [-0.05, 0) is 33.5 Å². The van der Waals surface area contributed by atoms with Gasteiger partial charge in [0.15, 0.2) is 11.2 Å². The number of fused-ring (bicyclic) bond motifs is 1. The molecular weight excluding hydrogens is 346 g/mol. The number of ether oxygens (including phenoxy) is 2. The third kappa shape index (κ3) is 5.45. The summed E-state index contributed by atoms with van der Waals surface area (Å²) >= 11 is 0. The number of nitrogens with two attached hydrogens (primary N) is 1. The molecule has 0 aliphatic rings. The van der Waals surface area contributed by atoms with Crippen LogP contribution in [0.15, 0.2) is 24.5 Å². The summed E-state index contributed by atoms with van der Waals surface area (Å²) < 4.78 is 11.0. The molecule has 0 aliphatic carbocycles. The molecule has 0 unspecified atom stereocenters. The molecule has 3 rings (SSSR count). The number of anilines is 1. The zero-order chi connectivity index (χ0) is 19.6. The van der Waals surface area contributed by atoms with Crippen LogP contribution >= 0.6 is 0 Å². The van der Waals surface area contributed by atoms with Crippen molar-refractivity contribution in [1.82, 2.24) is 30.2 Å². The predicted octanol–water partition coefficient (Wildman–Crippen LogP) is 2.09. The van der Waals surface area contributed by atoms with Crippen LogP contribution in [0, 0.1) is 0 Å². The Morgan fingerprint density at radius 2 is 1.78 bits per heavy atom. The second kappa shape index (κ2) is 10.2. The highest BCUT2D eigenvalue weighted by atomic mass is 16.5. The maximum Gasteiger partial charge on any atom is 0.247 e. The van der Waals surface area contributed by atoms with Gasteiger partial charge in [-0.1, -0.05) is 6.92 Å². The second-order valence-corrected chi connectivity index (χ2v) is 5.48. The van der Waals surface area contributed by atoms with Crippen LogP contribution in [0.2, 0.25) is 0 Å². The van der Waals surface area contributed by atoms with Crippen LogP contribution in [0.25, 0.3) is 22.4 Å². The van der Waals surface area contributed by atoms with Crippen molar-refractivity contribution < 1.29 is 9.47 Å².